The molecule has 0 saturated carbocycles. The Balaban J connectivity index is 1.61. The van der Waals surface area contributed by atoms with Gasteiger partial charge in [0.05, 0.1) is 22.0 Å². The lowest BCUT2D eigenvalue weighted by Crippen LogP contribution is -2.21. The predicted octanol–water partition coefficient (Wildman–Crippen LogP) is 8.64. The van der Waals surface area contributed by atoms with E-state index in [4.69, 9.17) is 32.7 Å². The summed E-state index contributed by atoms with van der Waals surface area (Å²) in [5.41, 5.74) is -1.38. The highest BCUT2D eigenvalue weighted by Crippen LogP contribution is 2.38. The van der Waals surface area contributed by atoms with E-state index in [0.29, 0.717) is 28.3 Å². The number of halogens is 8. The van der Waals surface area contributed by atoms with E-state index < -0.39 is 42.0 Å². The molecule has 0 aliphatic heterocycles. The van der Waals surface area contributed by atoms with Crippen molar-refractivity contribution in [2.75, 3.05) is 11.9 Å². The zero-order valence-electron chi connectivity index (χ0n) is 21.1. The maximum absolute atomic E-state index is 13.4. The minimum Gasteiger partial charge on any atom is -0.467 e. The summed E-state index contributed by atoms with van der Waals surface area (Å²) in [6, 6.07) is 12.0. The molecule has 4 aromatic rings. The van der Waals surface area contributed by atoms with Gasteiger partial charge in [-0.1, -0.05) is 35.3 Å². The number of aryl methyl sites for hydroxylation is 2. The molecule has 6 nitrogen and oxygen atoms in total. The number of amides is 1. The average Bonchev–Trinajstić information content (AvgIpc) is 3.31. The molecule has 1 N–H and O–H groups in total. The van der Waals surface area contributed by atoms with Crippen molar-refractivity contribution in [3.05, 3.63) is 93.1 Å². The summed E-state index contributed by atoms with van der Waals surface area (Å²) in [5, 5.41) is 6.30. The number of nitrogens with one attached hydrogen (secondary N) is 1. The van der Waals surface area contributed by atoms with Gasteiger partial charge < -0.3 is 14.8 Å². The largest absolute Gasteiger partial charge is 0.467 e. The molecule has 0 saturated heterocycles. The molecule has 0 unspecified atom stereocenters. The zero-order valence-corrected chi connectivity index (χ0v) is 22.6. The fourth-order valence-corrected chi connectivity index (χ4v) is 4.04. The van der Waals surface area contributed by atoms with Crippen molar-refractivity contribution >= 4 is 34.8 Å². The van der Waals surface area contributed by atoms with Crippen molar-refractivity contribution in [2.45, 2.75) is 26.2 Å². The van der Waals surface area contributed by atoms with Gasteiger partial charge in [-0.15, -0.1) is 0 Å². The van der Waals surface area contributed by atoms with Crippen molar-refractivity contribution in [2.24, 2.45) is 0 Å². The minimum absolute atomic E-state index is 0.0437. The second kappa shape index (κ2) is 11.5. The second-order valence-corrected chi connectivity index (χ2v) is 9.53. The molecular weight excluding hydrogens is 599 g/mol. The van der Waals surface area contributed by atoms with Gasteiger partial charge in [0.1, 0.15) is 5.75 Å². The molecule has 0 spiro atoms. The predicted molar refractivity (Wildman–Crippen MR) is 140 cm³/mol. The summed E-state index contributed by atoms with van der Waals surface area (Å²) in [6.07, 6.45) is -9.58. The Hall–Kier alpha value is -3.90. The molecule has 1 amide bonds. The average molecular weight is 618 g/mol. The highest BCUT2D eigenvalue weighted by molar-refractivity contribution is 6.32. The van der Waals surface area contributed by atoms with E-state index in [2.05, 4.69) is 10.4 Å². The molecule has 0 atom stereocenters. The van der Waals surface area contributed by atoms with Gasteiger partial charge in [-0.25, -0.2) is 0 Å². The Morgan fingerprint density at radius 2 is 1.59 bits per heavy atom. The van der Waals surface area contributed by atoms with Crippen LogP contribution in [-0.4, -0.2) is 22.3 Å². The van der Waals surface area contributed by atoms with Gasteiger partial charge in [0, 0.05) is 11.1 Å². The van der Waals surface area contributed by atoms with Gasteiger partial charge in [0.2, 0.25) is 5.88 Å². The van der Waals surface area contributed by atoms with E-state index in [1.165, 1.54) is 18.2 Å². The van der Waals surface area contributed by atoms with Gasteiger partial charge in [-0.2, -0.15) is 36.1 Å². The molecule has 0 fully saturated rings. The van der Waals surface area contributed by atoms with Crippen LogP contribution in [-0.2, 0) is 17.1 Å². The fourth-order valence-electron chi connectivity index (χ4n) is 3.71. The van der Waals surface area contributed by atoms with E-state index in [1.807, 2.05) is 0 Å². The maximum atomic E-state index is 13.4. The topological polar surface area (TPSA) is 65.4 Å². The molecule has 14 heteroatoms. The Kier molecular flexibility index (Phi) is 8.46. The quantitative estimate of drug-likeness (QED) is 0.211. The lowest BCUT2D eigenvalue weighted by Gasteiger charge is -2.16. The van der Waals surface area contributed by atoms with Crippen LogP contribution in [0.1, 0.15) is 22.4 Å². The van der Waals surface area contributed by atoms with Gasteiger partial charge in [-0.3, -0.25) is 4.79 Å². The Labute approximate surface area is 239 Å². The van der Waals surface area contributed by atoms with E-state index in [9.17, 15) is 31.1 Å². The van der Waals surface area contributed by atoms with Crippen LogP contribution in [0.4, 0.5) is 32.0 Å². The number of aromatic nitrogens is 2. The Bertz CT molecular complexity index is 1580. The third-order valence-electron chi connectivity index (χ3n) is 5.62. The molecule has 0 bridgehead atoms. The van der Waals surface area contributed by atoms with E-state index in [0.717, 1.165) is 16.8 Å². The number of hydrogen-bond acceptors (Lipinski definition) is 4. The summed E-state index contributed by atoms with van der Waals surface area (Å²) >= 11 is 12.3. The lowest BCUT2D eigenvalue weighted by molar-refractivity contribution is -0.141. The summed E-state index contributed by atoms with van der Waals surface area (Å²) in [6.45, 7) is 2.54. The monoisotopic (exact) mass is 617 g/mol. The van der Waals surface area contributed by atoms with Crippen LogP contribution in [0.5, 0.6) is 17.4 Å². The first kappa shape index (κ1) is 30.1. The molecular formula is C27H19Cl2F6N3O3. The zero-order chi connectivity index (χ0) is 30.1. The molecule has 1 heterocycles. The van der Waals surface area contributed by atoms with Crippen molar-refractivity contribution in [1.82, 2.24) is 9.78 Å². The highest BCUT2D eigenvalue weighted by atomic mass is 35.5. The van der Waals surface area contributed by atoms with Crippen molar-refractivity contribution in [1.29, 1.82) is 0 Å². The van der Waals surface area contributed by atoms with E-state index in [-0.39, 0.29) is 27.9 Å². The van der Waals surface area contributed by atoms with Crippen molar-refractivity contribution in [3.8, 4) is 23.1 Å². The number of carbonyl (C=O) groups is 1. The number of hydrogen-bond donors (Lipinski definition) is 1. The smallest absolute Gasteiger partial charge is 0.435 e. The standard InChI is InChI=1S/C27H19Cl2F6N3O3/c1-14-9-17(10-15(2)25(14)29)41-21-8-7-16(26(30,31)32)11-19(21)36-23(39)13-40-24-12-22(27(33,34)35)37-38(24)20-6-4-3-5-18(20)28/h3-12H,13H2,1-2H3,(H,36,39). The molecule has 0 radical (unpaired) electrons. The van der Waals surface area contributed by atoms with Crippen molar-refractivity contribution in [3.63, 3.8) is 0 Å². The first-order chi connectivity index (χ1) is 19.1. The fraction of sp³-hybridized carbons (Fsp3) is 0.185. The molecule has 41 heavy (non-hydrogen) atoms. The number of benzene rings is 3. The Morgan fingerprint density at radius 3 is 2.20 bits per heavy atom. The molecule has 3 aromatic carbocycles. The second-order valence-electron chi connectivity index (χ2n) is 8.75. The van der Waals surface area contributed by atoms with Crippen LogP contribution < -0.4 is 14.8 Å². The number of para-hydroxylation sites is 1. The summed E-state index contributed by atoms with van der Waals surface area (Å²) in [5.74, 6) is -1.35. The highest BCUT2D eigenvalue weighted by Gasteiger charge is 2.36. The SMILES string of the molecule is Cc1cc(Oc2ccc(C(F)(F)F)cc2NC(=O)COc2cc(C(F)(F)F)nn2-c2ccccc2Cl)cc(C)c1Cl. The number of anilines is 1. The number of rotatable bonds is 7. The number of nitrogens with zero attached hydrogens (tertiary/aromatic N) is 2. The van der Waals surface area contributed by atoms with Crippen LogP contribution in [0.3, 0.4) is 0 Å². The molecule has 216 valence electrons. The molecule has 1 aromatic heterocycles. The van der Waals surface area contributed by atoms with E-state index >= 15 is 0 Å². The van der Waals surface area contributed by atoms with Crippen LogP contribution in [0.2, 0.25) is 10.0 Å². The first-order valence-electron chi connectivity index (χ1n) is 11.6. The Morgan fingerprint density at radius 1 is 0.927 bits per heavy atom. The lowest BCUT2D eigenvalue weighted by atomic mass is 10.1. The first-order valence-corrected chi connectivity index (χ1v) is 12.4. The van der Waals surface area contributed by atoms with Crippen LogP contribution in [0.15, 0.2) is 60.7 Å². The summed E-state index contributed by atoms with van der Waals surface area (Å²) in [7, 11) is 0. The summed E-state index contributed by atoms with van der Waals surface area (Å²) < 4.78 is 92.1. The van der Waals surface area contributed by atoms with Gasteiger partial charge >= 0.3 is 12.4 Å². The van der Waals surface area contributed by atoms with Crippen LogP contribution in [0.25, 0.3) is 5.69 Å². The van der Waals surface area contributed by atoms with Crippen molar-refractivity contribution < 1.29 is 40.6 Å². The maximum Gasteiger partial charge on any atom is 0.435 e. The molecule has 0 aliphatic carbocycles. The number of carbonyl (C=O) groups excluding carboxylic acids is 1. The van der Waals surface area contributed by atoms with E-state index in [1.54, 1.807) is 32.0 Å². The number of alkyl halides is 6. The van der Waals surface area contributed by atoms with Gasteiger partial charge in [0.25, 0.3) is 5.91 Å². The van der Waals surface area contributed by atoms with Gasteiger partial charge in [0.15, 0.2) is 18.1 Å². The van der Waals surface area contributed by atoms with Crippen LogP contribution >= 0.6 is 23.2 Å². The normalized spacial score (nSPS) is 11.9. The summed E-state index contributed by atoms with van der Waals surface area (Å²) in [4.78, 5) is 12.8. The van der Waals surface area contributed by atoms with Gasteiger partial charge in [-0.05, 0) is 67.4 Å². The van der Waals surface area contributed by atoms with Crippen LogP contribution in [0, 0.1) is 13.8 Å². The third-order valence-corrected chi connectivity index (χ3v) is 6.53. The minimum atomic E-state index is -4.84. The molecule has 0 aliphatic rings. The molecule has 4 rings (SSSR count). The third kappa shape index (κ3) is 7.06. The number of ether oxygens (including phenoxy) is 2.